The van der Waals surface area contributed by atoms with Gasteiger partial charge in [0.15, 0.2) is 5.78 Å². The van der Waals surface area contributed by atoms with E-state index in [2.05, 4.69) is 19.0 Å². The van der Waals surface area contributed by atoms with Crippen molar-refractivity contribution in [1.82, 2.24) is 0 Å². The largest absolute Gasteiger partial charge is 0.511 e. The molecular formula is C26H28ClNO3. The van der Waals surface area contributed by atoms with Gasteiger partial charge in [0.25, 0.3) is 0 Å². The fraction of sp³-hybridized carbons (Fsp3) is 0.385. The lowest BCUT2D eigenvalue weighted by Gasteiger charge is -2.28. The summed E-state index contributed by atoms with van der Waals surface area (Å²) in [4.78, 5) is 18.6. The summed E-state index contributed by atoms with van der Waals surface area (Å²) in [6.07, 6.45) is 3.91. The maximum absolute atomic E-state index is 13.3. The number of carbonyl (C=O) groups is 1. The molecule has 2 aromatic carbocycles. The van der Waals surface area contributed by atoms with Crippen LogP contribution in [0.2, 0.25) is 5.02 Å². The molecule has 2 aliphatic carbocycles. The summed E-state index contributed by atoms with van der Waals surface area (Å²) in [6, 6.07) is 9.38. The lowest BCUT2D eigenvalue weighted by molar-refractivity contribution is -0.116. The number of nitrogens with zero attached hydrogens (tertiary/aromatic N) is 1. The number of hydrogen-bond acceptors (Lipinski definition) is 4. The number of carbonyl (C=O) groups excluding carboxylic acids is 1. The summed E-state index contributed by atoms with van der Waals surface area (Å²) in [5, 5.41) is 16.0. The second-order valence-corrected chi connectivity index (χ2v) is 8.74. The lowest BCUT2D eigenvalue weighted by atomic mass is 9.77. The van der Waals surface area contributed by atoms with Gasteiger partial charge in [0, 0.05) is 23.4 Å². The maximum atomic E-state index is 13.3. The average Bonchev–Trinajstić information content (AvgIpc) is 3.25. The third-order valence-electron chi connectivity index (χ3n) is 6.51. The summed E-state index contributed by atoms with van der Waals surface area (Å²) in [6.45, 7) is 6.39. The van der Waals surface area contributed by atoms with Crippen molar-refractivity contribution in [2.45, 2.75) is 58.8 Å². The summed E-state index contributed by atoms with van der Waals surface area (Å²) in [5.41, 5.74) is 7.45. The quantitative estimate of drug-likeness (QED) is 0.451. The van der Waals surface area contributed by atoms with E-state index in [9.17, 15) is 9.90 Å². The molecule has 1 N–H and O–H groups in total. The van der Waals surface area contributed by atoms with Crippen LogP contribution in [0.3, 0.4) is 0 Å². The number of rotatable bonds is 5. The second kappa shape index (κ2) is 8.88. The highest BCUT2D eigenvalue weighted by Crippen LogP contribution is 2.44. The van der Waals surface area contributed by atoms with Crippen LogP contribution in [0.25, 0.3) is 0 Å². The summed E-state index contributed by atoms with van der Waals surface area (Å²) in [5.74, 6) is -0.223. The molecule has 0 aliphatic heterocycles. The zero-order valence-electron chi connectivity index (χ0n) is 18.3. The van der Waals surface area contributed by atoms with Crippen LogP contribution in [-0.2, 0) is 22.5 Å². The van der Waals surface area contributed by atoms with Gasteiger partial charge < -0.3 is 9.94 Å². The number of aliphatic hydroxyl groups excluding tert-OH is 1. The van der Waals surface area contributed by atoms with Crippen molar-refractivity contribution in [1.29, 1.82) is 0 Å². The molecule has 1 atom stereocenters. The van der Waals surface area contributed by atoms with Crippen LogP contribution in [-0.4, -0.2) is 23.2 Å². The van der Waals surface area contributed by atoms with Crippen molar-refractivity contribution < 1.29 is 14.7 Å². The van der Waals surface area contributed by atoms with E-state index in [1.807, 2.05) is 37.3 Å². The average molecular weight is 438 g/mol. The normalized spacial score (nSPS) is 19.0. The van der Waals surface area contributed by atoms with E-state index in [0.717, 1.165) is 41.0 Å². The van der Waals surface area contributed by atoms with Gasteiger partial charge in [-0.1, -0.05) is 47.1 Å². The first-order valence-electron chi connectivity index (χ1n) is 10.9. The molecule has 0 heterocycles. The maximum Gasteiger partial charge on any atom is 0.169 e. The smallest absolute Gasteiger partial charge is 0.169 e. The van der Waals surface area contributed by atoms with Crippen molar-refractivity contribution >= 4 is 23.1 Å². The van der Waals surface area contributed by atoms with Gasteiger partial charge in [0.2, 0.25) is 0 Å². The van der Waals surface area contributed by atoms with Gasteiger partial charge in [-0.2, -0.15) is 0 Å². The Hall–Kier alpha value is -2.59. The van der Waals surface area contributed by atoms with Gasteiger partial charge in [-0.05, 0) is 73.8 Å². The lowest BCUT2D eigenvalue weighted by Crippen LogP contribution is -2.25. The van der Waals surface area contributed by atoms with Crippen LogP contribution >= 0.6 is 11.6 Å². The number of fused-ring (bicyclic) bond motifs is 1. The molecule has 2 aromatic rings. The number of halogens is 1. The topological polar surface area (TPSA) is 58.9 Å². The minimum atomic E-state index is -0.141. The van der Waals surface area contributed by atoms with Gasteiger partial charge in [0.05, 0.1) is 5.57 Å². The third-order valence-corrected chi connectivity index (χ3v) is 7.00. The fourth-order valence-corrected chi connectivity index (χ4v) is 5.46. The summed E-state index contributed by atoms with van der Waals surface area (Å²) < 4.78 is 0. The number of hydrogen-bond donors (Lipinski definition) is 1. The van der Waals surface area contributed by atoms with E-state index in [0.29, 0.717) is 18.7 Å². The zero-order valence-corrected chi connectivity index (χ0v) is 19.1. The number of Topliss-reactive ketones (excluding diaryl/α,β-unsaturated/α-hetero) is 1. The van der Waals surface area contributed by atoms with Crippen molar-refractivity contribution in [3.63, 3.8) is 0 Å². The zero-order chi connectivity index (χ0) is 22.1. The Morgan fingerprint density at radius 2 is 1.81 bits per heavy atom. The van der Waals surface area contributed by atoms with Crippen LogP contribution in [0.4, 0.5) is 0 Å². The monoisotopic (exact) mass is 437 g/mol. The van der Waals surface area contributed by atoms with Crippen LogP contribution in [0, 0.1) is 13.8 Å². The number of allylic oxidation sites excluding steroid dienone is 2. The van der Waals surface area contributed by atoms with Crippen molar-refractivity contribution in [2.75, 3.05) is 6.61 Å². The third kappa shape index (κ3) is 3.89. The number of oxime groups is 1. The first-order valence-corrected chi connectivity index (χ1v) is 11.3. The highest BCUT2D eigenvalue weighted by atomic mass is 35.5. The Labute approximate surface area is 188 Å². The van der Waals surface area contributed by atoms with Crippen molar-refractivity contribution in [3.05, 3.63) is 80.1 Å². The van der Waals surface area contributed by atoms with Gasteiger partial charge in [-0.25, -0.2) is 0 Å². The van der Waals surface area contributed by atoms with E-state index in [1.54, 1.807) is 0 Å². The summed E-state index contributed by atoms with van der Waals surface area (Å²) in [7, 11) is 0. The van der Waals surface area contributed by atoms with Crippen molar-refractivity contribution in [3.8, 4) is 0 Å². The van der Waals surface area contributed by atoms with E-state index in [4.69, 9.17) is 16.4 Å². The Balaban J connectivity index is 1.76. The molecule has 31 heavy (non-hydrogen) atoms. The van der Waals surface area contributed by atoms with E-state index >= 15 is 0 Å². The Morgan fingerprint density at radius 1 is 1.13 bits per heavy atom. The molecule has 0 bridgehead atoms. The van der Waals surface area contributed by atoms with Gasteiger partial charge in [0.1, 0.15) is 18.1 Å². The Morgan fingerprint density at radius 3 is 2.45 bits per heavy atom. The molecule has 5 heteroatoms. The molecule has 0 saturated heterocycles. The van der Waals surface area contributed by atoms with Gasteiger partial charge in [-0.3, -0.25) is 4.79 Å². The molecule has 2 aliphatic rings. The SMILES string of the molecule is CCO/N=C(/C1=C(O)CC(c2c(C)c3c(c(C)c2Cl)CCC3)CC1=O)c1ccccc1. The molecule has 0 spiro atoms. The number of benzene rings is 2. The number of ketones is 1. The molecule has 0 radical (unpaired) electrons. The molecule has 1 unspecified atom stereocenters. The molecule has 0 saturated carbocycles. The first-order chi connectivity index (χ1) is 14.9. The molecular weight excluding hydrogens is 410 g/mol. The van der Waals surface area contributed by atoms with Crippen LogP contribution < -0.4 is 0 Å². The highest BCUT2D eigenvalue weighted by molar-refractivity contribution is 6.33. The van der Waals surface area contributed by atoms with E-state index in [-0.39, 0.29) is 29.5 Å². The minimum Gasteiger partial charge on any atom is -0.511 e. The number of aliphatic hydroxyl groups is 1. The van der Waals surface area contributed by atoms with Crippen LogP contribution in [0.15, 0.2) is 46.8 Å². The molecule has 0 fully saturated rings. The van der Waals surface area contributed by atoms with E-state index in [1.165, 1.54) is 16.7 Å². The molecule has 0 amide bonds. The molecule has 4 rings (SSSR count). The van der Waals surface area contributed by atoms with Gasteiger partial charge >= 0.3 is 0 Å². The second-order valence-electron chi connectivity index (χ2n) is 8.36. The highest BCUT2D eigenvalue weighted by Gasteiger charge is 2.35. The predicted octanol–water partition coefficient (Wildman–Crippen LogP) is 6.14. The minimum absolute atomic E-state index is 0.0529. The van der Waals surface area contributed by atoms with Crippen LogP contribution in [0.1, 0.15) is 65.5 Å². The first kappa shape index (κ1) is 21.6. The van der Waals surface area contributed by atoms with E-state index < -0.39 is 0 Å². The fourth-order valence-electron chi connectivity index (χ4n) is 5.05. The predicted molar refractivity (Wildman–Crippen MR) is 124 cm³/mol. The Kier molecular flexibility index (Phi) is 6.19. The molecule has 0 aromatic heterocycles. The Bertz CT molecular complexity index is 1090. The standard InChI is InChI=1S/C26H28ClNO3/c1-4-31-28-26(17-9-6-5-7-10-17)24-21(29)13-18(14-22(24)30)23-15(2)19-11-8-12-20(19)16(3)25(23)27/h5-7,9-10,18,29H,4,8,11-14H2,1-3H3/b28-26+. The molecule has 4 nitrogen and oxygen atoms in total. The molecule has 162 valence electrons. The van der Waals surface area contributed by atoms with Crippen LogP contribution in [0.5, 0.6) is 0 Å². The van der Waals surface area contributed by atoms with Gasteiger partial charge in [-0.15, -0.1) is 0 Å². The van der Waals surface area contributed by atoms with Crippen molar-refractivity contribution in [2.24, 2.45) is 5.16 Å². The summed E-state index contributed by atoms with van der Waals surface area (Å²) >= 11 is 6.82.